The maximum absolute atomic E-state index is 11.2. The fraction of sp³-hybridized carbons (Fsp3) is 0.480. The number of nitrogens with two attached hydrogens (primary N) is 1. The summed E-state index contributed by atoms with van der Waals surface area (Å²) in [5.74, 6) is 0.192. The summed E-state index contributed by atoms with van der Waals surface area (Å²) in [6.45, 7) is 14.9. The topological polar surface area (TPSA) is 86.3 Å². The van der Waals surface area contributed by atoms with E-state index in [-0.39, 0.29) is 5.92 Å². The van der Waals surface area contributed by atoms with Crippen molar-refractivity contribution in [1.82, 2.24) is 14.8 Å². The van der Waals surface area contributed by atoms with Gasteiger partial charge >= 0.3 is 0 Å². The number of fused-ring (bicyclic) bond motifs is 1. The van der Waals surface area contributed by atoms with Gasteiger partial charge in [-0.15, -0.1) is 0 Å². The molecule has 32 heavy (non-hydrogen) atoms. The monoisotopic (exact) mass is 443 g/mol. The van der Waals surface area contributed by atoms with E-state index in [2.05, 4.69) is 23.6 Å². The molecule has 0 radical (unpaired) electrons. The predicted molar refractivity (Wildman–Crippen MR) is 137 cm³/mol. The quantitative estimate of drug-likeness (QED) is 0.508. The SMILES string of the molecule is CC.CC.CC(C)c1nn(-c2cccc(N(C)C)c2)c2nc(C=O)cc(N)c12.CCOC. The first-order valence-corrected chi connectivity index (χ1v) is 11.2. The fourth-order valence-electron chi connectivity index (χ4n) is 2.74. The number of anilines is 2. The average molecular weight is 444 g/mol. The molecule has 2 heterocycles. The van der Waals surface area contributed by atoms with Crippen LogP contribution in [0.1, 0.15) is 70.6 Å². The molecule has 0 unspecified atom stereocenters. The Labute approximate surface area is 193 Å². The highest BCUT2D eigenvalue weighted by Crippen LogP contribution is 2.31. The standard InChI is InChI=1S/C18H21N5O.C3H8O.2C2H6/c1-11(2)17-16-15(19)8-12(10-24)20-18(16)23(21-17)14-7-5-6-13(9-14)22(3)4;1-3-4-2;2*1-2/h5-11H,1-4H3,(H2,19,20);3H2,1-2H3;2*1-2H3. The van der Waals surface area contributed by atoms with Gasteiger partial charge in [0.1, 0.15) is 5.69 Å². The second-order valence-electron chi connectivity index (χ2n) is 6.90. The van der Waals surface area contributed by atoms with Crippen molar-refractivity contribution in [2.75, 3.05) is 38.4 Å². The van der Waals surface area contributed by atoms with Crippen molar-refractivity contribution in [3.8, 4) is 5.69 Å². The molecular formula is C25H41N5O2. The fourth-order valence-corrected chi connectivity index (χ4v) is 2.74. The van der Waals surface area contributed by atoms with E-state index >= 15 is 0 Å². The van der Waals surface area contributed by atoms with Gasteiger partial charge in [-0.2, -0.15) is 5.10 Å². The van der Waals surface area contributed by atoms with Gasteiger partial charge in [-0.05, 0) is 37.1 Å². The van der Waals surface area contributed by atoms with Crippen molar-refractivity contribution in [3.05, 3.63) is 41.7 Å². The Bertz CT molecular complexity index is 947. The number of nitrogen functional groups attached to an aromatic ring is 1. The Morgan fingerprint density at radius 3 is 2.22 bits per heavy atom. The molecule has 2 aromatic heterocycles. The van der Waals surface area contributed by atoms with Crippen LogP contribution in [0.15, 0.2) is 30.3 Å². The van der Waals surface area contributed by atoms with Crippen molar-refractivity contribution >= 4 is 28.7 Å². The van der Waals surface area contributed by atoms with Gasteiger partial charge in [0.15, 0.2) is 11.9 Å². The van der Waals surface area contributed by atoms with Gasteiger partial charge in [-0.25, -0.2) is 9.67 Å². The Morgan fingerprint density at radius 2 is 1.75 bits per heavy atom. The molecule has 0 aliphatic carbocycles. The highest BCUT2D eigenvalue weighted by molar-refractivity contribution is 5.94. The number of carbonyl (C=O) groups is 1. The van der Waals surface area contributed by atoms with E-state index in [9.17, 15) is 4.79 Å². The maximum Gasteiger partial charge on any atom is 0.168 e. The van der Waals surface area contributed by atoms with Crippen molar-refractivity contribution in [1.29, 1.82) is 0 Å². The number of hydrogen-bond donors (Lipinski definition) is 1. The summed E-state index contributed by atoms with van der Waals surface area (Å²) in [6, 6.07) is 9.60. The first kappa shape index (κ1) is 29.1. The Morgan fingerprint density at radius 1 is 1.16 bits per heavy atom. The van der Waals surface area contributed by atoms with Crippen LogP contribution in [0.25, 0.3) is 16.7 Å². The van der Waals surface area contributed by atoms with Gasteiger partial charge in [0.25, 0.3) is 0 Å². The lowest BCUT2D eigenvalue weighted by molar-refractivity contribution is 0.111. The van der Waals surface area contributed by atoms with Crippen molar-refractivity contribution in [2.24, 2.45) is 0 Å². The Balaban J connectivity index is 0.00000106. The number of rotatable bonds is 5. The minimum atomic E-state index is 0.192. The number of aldehydes is 1. The van der Waals surface area contributed by atoms with E-state index < -0.39 is 0 Å². The van der Waals surface area contributed by atoms with Gasteiger partial charge in [0, 0.05) is 39.2 Å². The van der Waals surface area contributed by atoms with Gasteiger partial charge < -0.3 is 15.4 Å². The molecule has 7 nitrogen and oxygen atoms in total. The highest BCUT2D eigenvalue weighted by Gasteiger charge is 2.19. The van der Waals surface area contributed by atoms with E-state index in [0.29, 0.717) is 23.3 Å². The van der Waals surface area contributed by atoms with Crippen molar-refractivity contribution < 1.29 is 9.53 Å². The van der Waals surface area contributed by atoms with Gasteiger partial charge in [-0.1, -0.05) is 47.6 Å². The van der Waals surface area contributed by atoms with Crippen LogP contribution < -0.4 is 10.6 Å². The molecule has 0 saturated carbocycles. The third-order valence-electron chi connectivity index (χ3n) is 4.26. The van der Waals surface area contributed by atoms with Crippen LogP contribution in [0.2, 0.25) is 0 Å². The summed E-state index contributed by atoms with van der Waals surface area (Å²) in [5.41, 5.74) is 10.4. The average Bonchev–Trinajstić information content (AvgIpc) is 3.22. The lowest BCUT2D eigenvalue weighted by Crippen LogP contribution is -2.09. The smallest absolute Gasteiger partial charge is 0.168 e. The number of nitrogens with zero attached hydrogens (tertiary/aromatic N) is 4. The van der Waals surface area contributed by atoms with Crippen LogP contribution in [0.3, 0.4) is 0 Å². The second kappa shape index (κ2) is 15.0. The molecule has 0 amide bonds. The van der Waals surface area contributed by atoms with E-state index in [1.807, 2.05) is 77.9 Å². The Hall–Kier alpha value is -2.93. The van der Waals surface area contributed by atoms with Crippen LogP contribution in [0, 0.1) is 0 Å². The molecule has 178 valence electrons. The summed E-state index contributed by atoms with van der Waals surface area (Å²) in [4.78, 5) is 17.7. The molecule has 7 heteroatoms. The summed E-state index contributed by atoms with van der Waals surface area (Å²) >= 11 is 0. The third kappa shape index (κ3) is 7.34. The molecule has 3 aromatic rings. The molecule has 0 fully saturated rings. The minimum Gasteiger partial charge on any atom is -0.398 e. The summed E-state index contributed by atoms with van der Waals surface area (Å²) < 4.78 is 6.31. The lowest BCUT2D eigenvalue weighted by atomic mass is 10.1. The number of carbonyl (C=O) groups excluding carboxylic acids is 1. The van der Waals surface area contributed by atoms with Crippen molar-refractivity contribution in [3.63, 3.8) is 0 Å². The largest absolute Gasteiger partial charge is 0.398 e. The van der Waals surface area contributed by atoms with Crippen LogP contribution in [-0.2, 0) is 4.74 Å². The van der Waals surface area contributed by atoms with Gasteiger partial charge in [0.2, 0.25) is 0 Å². The molecular weight excluding hydrogens is 402 g/mol. The molecule has 0 aliphatic heterocycles. The molecule has 2 N–H and O–H groups in total. The molecule has 0 spiro atoms. The predicted octanol–water partition coefficient (Wildman–Crippen LogP) is 5.71. The number of hydrogen-bond acceptors (Lipinski definition) is 6. The van der Waals surface area contributed by atoms with Gasteiger partial charge in [-0.3, -0.25) is 4.79 Å². The Kier molecular flexibility index (Phi) is 13.6. The summed E-state index contributed by atoms with van der Waals surface area (Å²) in [5, 5.41) is 5.55. The number of pyridine rings is 1. The molecule has 0 aliphatic rings. The van der Waals surface area contributed by atoms with Gasteiger partial charge in [0.05, 0.1) is 16.8 Å². The first-order valence-electron chi connectivity index (χ1n) is 11.2. The zero-order chi connectivity index (χ0) is 24.8. The lowest BCUT2D eigenvalue weighted by Gasteiger charge is -2.13. The number of methoxy groups -OCH3 is 1. The molecule has 3 rings (SSSR count). The maximum atomic E-state index is 11.2. The highest BCUT2D eigenvalue weighted by atomic mass is 16.5. The minimum absolute atomic E-state index is 0.192. The number of benzene rings is 1. The summed E-state index contributed by atoms with van der Waals surface area (Å²) in [7, 11) is 5.65. The second-order valence-corrected chi connectivity index (χ2v) is 6.90. The van der Waals surface area contributed by atoms with E-state index in [0.717, 1.165) is 29.1 Å². The first-order chi connectivity index (χ1) is 15.3. The van der Waals surface area contributed by atoms with E-state index in [4.69, 9.17) is 10.8 Å². The van der Waals surface area contributed by atoms with Crippen LogP contribution in [-0.4, -0.2) is 48.9 Å². The van der Waals surface area contributed by atoms with Crippen LogP contribution >= 0.6 is 0 Å². The number of aromatic nitrogens is 3. The van der Waals surface area contributed by atoms with Crippen molar-refractivity contribution in [2.45, 2.75) is 54.4 Å². The normalized spacial score (nSPS) is 9.72. The zero-order valence-corrected chi connectivity index (χ0v) is 21.4. The molecule has 1 aromatic carbocycles. The van der Waals surface area contributed by atoms with Crippen LogP contribution in [0.5, 0.6) is 0 Å². The van der Waals surface area contributed by atoms with Crippen LogP contribution in [0.4, 0.5) is 11.4 Å². The van der Waals surface area contributed by atoms with E-state index in [1.165, 1.54) is 0 Å². The molecule has 0 atom stereocenters. The number of ether oxygens (including phenoxy) is 1. The summed E-state index contributed by atoms with van der Waals surface area (Å²) in [6.07, 6.45) is 0.707. The van der Waals surface area contributed by atoms with E-state index in [1.54, 1.807) is 17.9 Å². The third-order valence-corrected chi connectivity index (χ3v) is 4.26. The molecule has 0 saturated heterocycles. The molecule has 0 bridgehead atoms. The zero-order valence-electron chi connectivity index (χ0n) is 21.4.